The molecular formula is C13H14F5NO. The molecule has 0 N–H and O–H groups in total. The first-order valence-electron chi connectivity index (χ1n) is 6.00. The Morgan fingerprint density at radius 1 is 1.20 bits per heavy atom. The molecule has 0 aliphatic heterocycles. The smallest absolute Gasteiger partial charge is 0.293 e. The molecule has 0 heterocycles. The Morgan fingerprint density at radius 3 is 2.35 bits per heavy atom. The van der Waals surface area contributed by atoms with Gasteiger partial charge in [-0.2, -0.15) is 13.2 Å². The number of hydrogen-bond donors (Lipinski definition) is 0. The lowest BCUT2D eigenvalue weighted by Crippen LogP contribution is -2.38. The summed E-state index contributed by atoms with van der Waals surface area (Å²) in [7, 11) is 0. The van der Waals surface area contributed by atoms with E-state index in [9.17, 15) is 26.7 Å². The molecule has 0 atom stereocenters. The van der Waals surface area contributed by atoms with E-state index in [1.165, 1.54) is 0 Å². The zero-order valence-electron chi connectivity index (χ0n) is 10.8. The third kappa shape index (κ3) is 5.24. The van der Waals surface area contributed by atoms with Crippen molar-refractivity contribution in [1.29, 1.82) is 0 Å². The van der Waals surface area contributed by atoms with Gasteiger partial charge >= 0.3 is 6.18 Å². The molecule has 7 heteroatoms. The van der Waals surface area contributed by atoms with Gasteiger partial charge < -0.3 is 0 Å². The molecule has 0 aromatic heterocycles. The summed E-state index contributed by atoms with van der Waals surface area (Å²) in [4.78, 5) is 12.7. The second-order valence-electron chi connectivity index (χ2n) is 4.38. The van der Waals surface area contributed by atoms with Gasteiger partial charge in [-0.1, -0.05) is 6.92 Å². The van der Waals surface area contributed by atoms with E-state index in [0.717, 1.165) is 17.0 Å². The maximum absolute atomic E-state index is 13.0. The molecule has 1 aromatic carbocycles. The highest BCUT2D eigenvalue weighted by molar-refractivity contribution is 5.97. The zero-order valence-corrected chi connectivity index (χ0v) is 10.8. The highest BCUT2D eigenvalue weighted by Gasteiger charge is 2.31. The van der Waals surface area contributed by atoms with Gasteiger partial charge in [-0.15, -0.1) is 0 Å². The van der Waals surface area contributed by atoms with Gasteiger partial charge in [0.15, 0.2) is 17.4 Å². The maximum atomic E-state index is 13.0. The number of carbonyl (C=O) groups excluding carboxylic acids is 1. The summed E-state index contributed by atoms with van der Waals surface area (Å²) < 4.78 is 62.7. The molecule has 0 aliphatic carbocycles. The topological polar surface area (TPSA) is 20.3 Å². The second-order valence-corrected chi connectivity index (χ2v) is 4.38. The SMILES string of the molecule is CCCN(CC(=O)c1ccc(F)c(F)c1)CC(F)(F)F. The number of benzene rings is 1. The molecule has 0 radical (unpaired) electrons. The standard InChI is InChI=1S/C13H14F5NO/c1-2-5-19(8-13(16,17)18)7-12(20)9-3-4-10(14)11(15)6-9/h3-4,6H,2,5,7-8H2,1H3. The summed E-state index contributed by atoms with van der Waals surface area (Å²) in [6, 6.07) is 2.52. The van der Waals surface area contributed by atoms with E-state index in [1.54, 1.807) is 6.92 Å². The normalized spacial score (nSPS) is 11.9. The summed E-state index contributed by atoms with van der Waals surface area (Å²) in [5.74, 6) is -2.99. The van der Waals surface area contributed by atoms with Crippen LogP contribution < -0.4 is 0 Å². The lowest BCUT2D eigenvalue weighted by atomic mass is 10.1. The number of alkyl halides is 3. The molecule has 112 valence electrons. The highest BCUT2D eigenvalue weighted by Crippen LogP contribution is 2.17. The van der Waals surface area contributed by atoms with Crippen LogP contribution in [0, 0.1) is 11.6 Å². The summed E-state index contributed by atoms with van der Waals surface area (Å²) >= 11 is 0. The largest absolute Gasteiger partial charge is 0.401 e. The van der Waals surface area contributed by atoms with Crippen LogP contribution in [-0.2, 0) is 0 Å². The number of rotatable bonds is 6. The van der Waals surface area contributed by atoms with E-state index >= 15 is 0 Å². The minimum Gasteiger partial charge on any atom is -0.293 e. The van der Waals surface area contributed by atoms with Crippen LogP contribution >= 0.6 is 0 Å². The molecule has 0 spiro atoms. The number of Topliss-reactive ketones (excluding diaryl/α,β-unsaturated/α-hetero) is 1. The fourth-order valence-corrected chi connectivity index (χ4v) is 1.75. The summed E-state index contributed by atoms with van der Waals surface area (Å²) in [5.41, 5.74) is -0.146. The summed E-state index contributed by atoms with van der Waals surface area (Å²) in [6.07, 6.45) is -3.97. The van der Waals surface area contributed by atoms with Crippen LogP contribution in [-0.4, -0.2) is 36.5 Å². The number of halogens is 5. The zero-order chi connectivity index (χ0) is 15.3. The highest BCUT2D eigenvalue weighted by atomic mass is 19.4. The van der Waals surface area contributed by atoms with Crippen LogP contribution in [0.15, 0.2) is 18.2 Å². The molecule has 0 unspecified atom stereocenters. The van der Waals surface area contributed by atoms with Gasteiger partial charge in [-0.05, 0) is 31.2 Å². The minimum atomic E-state index is -4.41. The molecular weight excluding hydrogens is 281 g/mol. The Hall–Kier alpha value is -1.50. The van der Waals surface area contributed by atoms with E-state index in [4.69, 9.17) is 0 Å². The Bertz CT molecular complexity index is 472. The fourth-order valence-electron chi connectivity index (χ4n) is 1.75. The predicted molar refractivity (Wildman–Crippen MR) is 63.5 cm³/mol. The molecule has 0 saturated carbocycles. The van der Waals surface area contributed by atoms with E-state index in [-0.39, 0.29) is 12.1 Å². The molecule has 1 aromatic rings. The van der Waals surface area contributed by atoms with Crippen LogP contribution in [0.3, 0.4) is 0 Å². The number of carbonyl (C=O) groups is 1. The average molecular weight is 295 g/mol. The molecule has 2 nitrogen and oxygen atoms in total. The van der Waals surface area contributed by atoms with E-state index in [0.29, 0.717) is 12.5 Å². The third-order valence-electron chi connectivity index (χ3n) is 2.55. The average Bonchev–Trinajstić information content (AvgIpc) is 2.30. The van der Waals surface area contributed by atoms with Crippen molar-refractivity contribution in [2.24, 2.45) is 0 Å². The lowest BCUT2D eigenvalue weighted by molar-refractivity contribution is -0.144. The first kappa shape index (κ1) is 16.6. The van der Waals surface area contributed by atoms with E-state index in [1.807, 2.05) is 0 Å². The first-order chi connectivity index (χ1) is 9.23. The molecule has 0 fully saturated rings. The Balaban J connectivity index is 2.77. The number of nitrogens with zero attached hydrogens (tertiary/aromatic N) is 1. The van der Waals surface area contributed by atoms with Crippen molar-refractivity contribution in [3.63, 3.8) is 0 Å². The predicted octanol–water partition coefficient (Wildman–Crippen LogP) is 3.42. The van der Waals surface area contributed by atoms with Crippen molar-refractivity contribution >= 4 is 5.78 Å². The Kier molecular flexibility index (Phi) is 5.62. The van der Waals surface area contributed by atoms with Crippen LogP contribution in [0.4, 0.5) is 22.0 Å². The lowest BCUT2D eigenvalue weighted by Gasteiger charge is -2.22. The van der Waals surface area contributed by atoms with Crippen molar-refractivity contribution in [2.75, 3.05) is 19.6 Å². The monoisotopic (exact) mass is 295 g/mol. The van der Waals surface area contributed by atoms with Crippen LogP contribution in [0.2, 0.25) is 0 Å². The van der Waals surface area contributed by atoms with Gasteiger partial charge in [-0.25, -0.2) is 8.78 Å². The molecule has 0 saturated heterocycles. The molecule has 0 bridgehead atoms. The number of ketones is 1. The molecule has 1 rings (SSSR count). The van der Waals surface area contributed by atoms with Gasteiger partial charge in [0, 0.05) is 5.56 Å². The summed E-state index contributed by atoms with van der Waals surface area (Å²) in [6.45, 7) is 0.0784. The van der Waals surface area contributed by atoms with Gasteiger partial charge in [0.25, 0.3) is 0 Å². The van der Waals surface area contributed by atoms with E-state index < -0.39 is 36.7 Å². The number of hydrogen-bond acceptors (Lipinski definition) is 2. The van der Waals surface area contributed by atoms with Crippen molar-refractivity contribution in [2.45, 2.75) is 19.5 Å². The molecule has 0 amide bonds. The van der Waals surface area contributed by atoms with Crippen LogP contribution in [0.25, 0.3) is 0 Å². The first-order valence-corrected chi connectivity index (χ1v) is 6.00. The van der Waals surface area contributed by atoms with Crippen LogP contribution in [0.5, 0.6) is 0 Å². The van der Waals surface area contributed by atoms with Gasteiger partial charge in [-0.3, -0.25) is 9.69 Å². The van der Waals surface area contributed by atoms with Crippen molar-refractivity contribution in [3.05, 3.63) is 35.4 Å². The Morgan fingerprint density at radius 2 is 1.85 bits per heavy atom. The van der Waals surface area contributed by atoms with Crippen molar-refractivity contribution in [1.82, 2.24) is 4.90 Å². The third-order valence-corrected chi connectivity index (χ3v) is 2.55. The summed E-state index contributed by atoms with van der Waals surface area (Å²) in [5, 5.41) is 0. The maximum Gasteiger partial charge on any atom is 0.401 e. The second kappa shape index (κ2) is 6.78. The molecule has 20 heavy (non-hydrogen) atoms. The van der Waals surface area contributed by atoms with Crippen molar-refractivity contribution < 1.29 is 26.7 Å². The Labute approximate surface area is 113 Å². The van der Waals surface area contributed by atoms with Gasteiger partial charge in [0.1, 0.15) is 0 Å². The molecule has 0 aliphatic rings. The van der Waals surface area contributed by atoms with Crippen LogP contribution in [0.1, 0.15) is 23.7 Å². The minimum absolute atomic E-state index is 0.0922. The quantitative estimate of drug-likeness (QED) is 0.592. The van der Waals surface area contributed by atoms with Crippen molar-refractivity contribution in [3.8, 4) is 0 Å². The van der Waals surface area contributed by atoms with Gasteiger partial charge in [0.05, 0.1) is 13.1 Å². The fraction of sp³-hybridized carbons (Fsp3) is 0.462. The van der Waals surface area contributed by atoms with E-state index in [2.05, 4.69) is 0 Å². The van der Waals surface area contributed by atoms with Gasteiger partial charge in [0.2, 0.25) is 0 Å².